The van der Waals surface area contributed by atoms with Crippen LogP contribution in [0.3, 0.4) is 0 Å². The molecule has 0 aliphatic rings. The first-order chi connectivity index (χ1) is 9.52. The van der Waals surface area contributed by atoms with Gasteiger partial charge < -0.3 is 0 Å². The zero-order valence-corrected chi connectivity index (χ0v) is 11.7. The predicted molar refractivity (Wildman–Crippen MR) is 69.2 cm³/mol. The molecule has 2 aromatic rings. The molecular formula is C8H4Cl3N7O2. The molecule has 0 aliphatic carbocycles. The summed E-state index contributed by atoms with van der Waals surface area (Å²) < 4.78 is 1.72. The smallest absolute Gasteiger partial charge is 0.258 e. The van der Waals surface area contributed by atoms with Crippen LogP contribution in [0, 0.1) is 15.9 Å². The minimum Gasteiger partial charge on any atom is -0.258 e. The van der Waals surface area contributed by atoms with E-state index in [2.05, 4.69) is 20.2 Å². The fourth-order valence-corrected chi connectivity index (χ4v) is 1.64. The van der Waals surface area contributed by atoms with Crippen molar-refractivity contribution in [3.8, 4) is 0 Å². The van der Waals surface area contributed by atoms with Crippen molar-refractivity contribution in [2.45, 2.75) is 0 Å². The first-order valence-electron chi connectivity index (χ1n) is 4.82. The average Bonchev–Trinajstić information content (AvgIpc) is 3.07. The van der Waals surface area contributed by atoms with Gasteiger partial charge in [0.15, 0.2) is 5.03 Å². The van der Waals surface area contributed by atoms with E-state index in [-0.39, 0.29) is 5.82 Å². The summed E-state index contributed by atoms with van der Waals surface area (Å²) in [6.45, 7) is 0. The molecule has 0 saturated heterocycles. The quantitative estimate of drug-likeness (QED) is 0.476. The lowest BCUT2D eigenvalue weighted by Crippen LogP contribution is -2.19. The first-order valence-corrected chi connectivity index (χ1v) is 5.95. The van der Waals surface area contributed by atoms with Crippen LogP contribution >= 0.6 is 34.8 Å². The zero-order valence-electron chi connectivity index (χ0n) is 9.39. The summed E-state index contributed by atoms with van der Waals surface area (Å²) in [7, 11) is 0. The lowest BCUT2D eigenvalue weighted by molar-refractivity contribution is -0.422. The summed E-state index contributed by atoms with van der Waals surface area (Å²) in [5.41, 5.74) is -0.595. The highest BCUT2D eigenvalue weighted by molar-refractivity contribution is 6.59. The molecule has 0 N–H and O–H groups in total. The van der Waals surface area contributed by atoms with Crippen molar-refractivity contribution in [2.24, 2.45) is 0 Å². The highest BCUT2D eigenvalue weighted by Crippen LogP contribution is 2.27. The lowest BCUT2D eigenvalue weighted by atomic mass is 10.4. The Bertz CT molecular complexity index is 637. The predicted octanol–water partition coefficient (Wildman–Crippen LogP) is 1.52. The molecule has 9 nitrogen and oxygen atoms in total. The maximum absolute atomic E-state index is 11.3. The van der Waals surface area contributed by atoms with E-state index >= 15 is 0 Å². The van der Waals surface area contributed by atoms with Crippen molar-refractivity contribution < 1.29 is 4.92 Å². The Labute approximate surface area is 126 Å². The van der Waals surface area contributed by atoms with Gasteiger partial charge >= 0.3 is 5.70 Å². The minimum absolute atomic E-state index is 0.131. The van der Waals surface area contributed by atoms with Crippen LogP contribution in [0.4, 0.5) is 0 Å². The molecule has 0 bridgehead atoms. The molecule has 2 aromatic heterocycles. The molecule has 2 rings (SSSR count). The van der Waals surface area contributed by atoms with Crippen molar-refractivity contribution in [3.05, 3.63) is 56.5 Å². The SMILES string of the molecule is O=[N+]([O-])C(C(Cl)=C(Cl)Cl)=C(n1cncn1)n1cncn1. The normalized spacial score (nSPS) is 10.2. The Morgan fingerprint density at radius 3 is 1.85 bits per heavy atom. The van der Waals surface area contributed by atoms with Crippen LogP contribution in [0.15, 0.2) is 40.5 Å². The summed E-state index contributed by atoms with van der Waals surface area (Å²) in [6, 6.07) is 0. The molecule has 0 radical (unpaired) electrons. The van der Waals surface area contributed by atoms with Crippen LogP contribution in [-0.4, -0.2) is 34.5 Å². The standard InChI is InChI=1S/C8H4Cl3N7O2/c9-5(7(10)11)6(18(19)20)8(16-3-12-1-14-16)17-4-13-2-15-17/h1-4H. The van der Waals surface area contributed by atoms with E-state index in [9.17, 15) is 10.1 Å². The number of rotatable bonds is 4. The van der Waals surface area contributed by atoms with Crippen LogP contribution in [0.2, 0.25) is 0 Å². The summed E-state index contributed by atoms with van der Waals surface area (Å²) in [5, 5.41) is 18.4. The van der Waals surface area contributed by atoms with E-state index in [1.807, 2.05) is 0 Å². The molecule has 104 valence electrons. The van der Waals surface area contributed by atoms with E-state index < -0.39 is 20.1 Å². The minimum atomic E-state index is -0.758. The van der Waals surface area contributed by atoms with Gasteiger partial charge in [-0.3, -0.25) is 10.1 Å². The largest absolute Gasteiger partial charge is 0.334 e. The van der Waals surface area contributed by atoms with Crippen molar-refractivity contribution in [1.29, 1.82) is 0 Å². The third-order valence-electron chi connectivity index (χ3n) is 2.04. The molecular weight excluding hydrogens is 332 g/mol. The Morgan fingerprint density at radius 1 is 1.05 bits per heavy atom. The van der Waals surface area contributed by atoms with Gasteiger partial charge in [-0.2, -0.15) is 19.6 Å². The fraction of sp³-hybridized carbons (Fsp3) is 0. The van der Waals surface area contributed by atoms with Gasteiger partial charge in [0, 0.05) is 0 Å². The molecule has 0 saturated carbocycles. The van der Waals surface area contributed by atoms with Gasteiger partial charge in [-0.15, -0.1) is 0 Å². The van der Waals surface area contributed by atoms with Gasteiger partial charge in [-0.1, -0.05) is 34.8 Å². The second kappa shape index (κ2) is 5.99. The Hall–Kier alpha value is -1.97. The van der Waals surface area contributed by atoms with Gasteiger partial charge in [-0.05, 0) is 0 Å². The monoisotopic (exact) mass is 335 g/mol. The van der Waals surface area contributed by atoms with E-state index in [0.717, 1.165) is 9.36 Å². The summed E-state index contributed by atoms with van der Waals surface area (Å²) in [5.74, 6) is -0.131. The second-order valence-electron chi connectivity index (χ2n) is 3.18. The van der Waals surface area contributed by atoms with Gasteiger partial charge in [0.05, 0.1) is 4.92 Å². The van der Waals surface area contributed by atoms with Crippen molar-refractivity contribution in [2.75, 3.05) is 0 Å². The maximum Gasteiger partial charge on any atom is 0.334 e. The highest BCUT2D eigenvalue weighted by Gasteiger charge is 2.29. The van der Waals surface area contributed by atoms with Crippen LogP contribution < -0.4 is 0 Å². The molecule has 0 aliphatic heterocycles. The number of hydrogen-bond donors (Lipinski definition) is 0. The Kier molecular flexibility index (Phi) is 4.32. The Morgan fingerprint density at radius 2 is 1.55 bits per heavy atom. The molecule has 0 spiro atoms. The van der Waals surface area contributed by atoms with Gasteiger partial charge in [0.25, 0.3) is 0 Å². The molecule has 20 heavy (non-hydrogen) atoms. The maximum atomic E-state index is 11.3. The summed E-state index contributed by atoms with van der Waals surface area (Å²) >= 11 is 16.8. The average molecular weight is 337 g/mol. The molecule has 2 heterocycles. The number of allylic oxidation sites excluding steroid dienone is 1. The van der Waals surface area contributed by atoms with E-state index in [4.69, 9.17) is 34.8 Å². The molecule has 0 atom stereocenters. The number of nitrogens with zero attached hydrogens (tertiary/aromatic N) is 7. The number of nitro groups is 1. The summed E-state index contributed by atoms with van der Waals surface area (Å²) in [4.78, 5) is 17.9. The highest BCUT2D eigenvalue weighted by atomic mass is 35.5. The van der Waals surface area contributed by atoms with Crippen molar-refractivity contribution in [1.82, 2.24) is 29.5 Å². The van der Waals surface area contributed by atoms with E-state index in [1.165, 1.54) is 25.3 Å². The second-order valence-corrected chi connectivity index (χ2v) is 4.51. The third-order valence-corrected chi connectivity index (χ3v) is 2.98. The molecule has 12 heteroatoms. The van der Waals surface area contributed by atoms with Crippen molar-refractivity contribution in [3.63, 3.8) is 0 Å². The first kappa shape index (κ1) is 14.4. The summed E-state index contributed by atoms with van der Waals surface area (Å²) in [6.07, 6.45) is 4.84. The molecule has 0 amide bonds. The van der Waals surface area contributed by atoms with Gasteiger partial charge in [0.1, 0.15) is 29.8 Å². The van der Waals surface area contributed by atoms with E-state index in [1.54, 1.807) is 0 Å². The third kappa shape index (κ3) is 2.79. The fourth-order valence-electron chi connectivity index (χ4n) is 1.31. The number of halogens is 3. The van der Waals surface area contributed by atoms with Crippen LogP contribution in [0.1, 0.15) is 0 Å². The Balaban J connectivity index is 2.80. The van der Waals surface area contributed by atoms with Crippen LogP contribution in [-0.2, 0) is 0 Å². The van der Waals surface area contributed by atoms with Crippen molar-refractivity contribution >= 4 is 34.8 Å². The van der Waals surface area contributed by atoms with Gasteiger partial charge in [-0.25, -0.2) is 9.97 Å². The number of aromatic nitrogens is 6. The molecule has 0 fully saturated rings. The molecule has 0 unspecified atom stereocenters. The number of hydrogen-bond acceptors (Lipinski definition) is 6. The van der Waals surface area contributed by atoms with Gasteiger partial charge in [0.2, 0.25) is 5.82 Å². The van der Waals surface area contributed by atoms with E-state index in [0.29, 0.717) is 0 Å². The molecule has 0 aromatic carbocycles. The topological polar surface area (TPSA) is 105 Å². The zero-order chi connectivity index (χ0) is 14.7. The lowest BCUT2D eigenvalue weighted by Gasteiger charge is -2.07. The van der Waals surface area contributed by atoms with Crippen LogP contribution in [0.5, 0.6) is 0 Å². The van der Waals surface area contributed by atoms with Crippen LogP contribution in [0.25, 0.3) is 0 Å².